The summed E-state index contributed by atoms with van der Waals surface area (Å²) in [5.74, 6) is -1.69. The molecule has 0 aliphatic carbocycles. The molecule has 6 nitrogen and oxygen atoms in total. The number of carbonyl (C=O) groups is 2. The van der Waals surface area contributed by atoms with Crippen LogP contribution in [-0.4, -0.2) is 27.3 Å². The SMILES string of the molecule is CCCc1cc(O)c(CCC)c(C2(c3cc(CCC)cc(O)c3CCC)OC(=O)c3c(C(=O)O)cccc32)c1. The summed E-state index contributed by atoms with van der Waals surface area (Å²) in [6, 6.07) is 12.3. The van der Waals surface area contributed by atoms with Crippen LogP contribution in [0.1, 0.15) is 113 Å². The van der Waals surface area contributed by atoms with Crippen LogP contribution in [-0.2, 0) is 36.0 Å². The van der Waals surface area contributed by atoms with Gasteiger partial charge in [-0.15, -0.1) is 0 Å². The normalized spacial score (nSPS) is 13.8. The van der Waals surface area contributed by atoms with Gasteiger partial charge in [0.05, 0.1) is 11.1 Å². The van der Waals surface area contributed by atoms with Crippen molar-refractivity contribution in [1.82, 2.24) is 0 Å². The lowest BCUT2D eigenvalue weighted by Crippen LogP contribution is -2.33. The summed E-state index contributed by atoms with van der Waals surface area (Å²) >= 11 is 0. The number of benzene rings is 3. The largest absolute Gasteiger partial charge is 0.508 e. The van der Waals surface area contributed by atoms with Crippen LogP contribution in [0.15, 0.2) is 42.5 Å². The van der Waals surface area contributed by atoms with Gasteiger partial charge >= 0.3 is 11.9 Å². The molecule has 0 spiro atoms. The number of carboxylic acids is 1. The molecular formula is C33H38O6. The summed E-state index contributed by atoms with van der Waals surface area (Å²) in [6.45, 7) is 8.15. The first-order valence-electron chi connectivity index (χ1n) is 14.0. The third-order valence-corrected chi connectivity index (χ3v) is 7.53. The zero-order chi connectivity index (χ0) is 28.3. The van der Waals surface area contributed by atoms with E-state index in [1.54, 1.807) is 24.3 Å². The minimum absolute atomic E-state index is 0.00988. The Kier molecular flexibility index (Phi) is 8.34. The van der Waals surface area contributed by atoms with Gasteiger partial charge in [0.2, 0.25) is 0 Å². The van der Waals surface area contributed by atoms with Gasteiger partial charge in [0.25, 0.3) is 0 Å². The summed E-state index contributed by atoms with van der Waals surface area (Å²) in [5, 5.41) is 32.6. The van der Waals surface area contributed by atoms with Crippen LogP contribution in [0, 0.1) is 0 Å². The summed E-state index contributed by atoms with van der Waals surface area (Å²) in [5.41, 5.74) is 3.11. The van der Waals surface area contributed by atoms with E-state index in [0.717, 1.165) is 36.8 Å². The number of phenolic OH excluding ortho intramolecular Hbond substituents is 2. The second-order valence-corrected chi connectivity index (χ2v) is 10.4. The highest BCUT2D eigenvalue weighted by atomic mass is 16.6. The monoisotopic (exact) mass is 530 g/mol. The topological polar surface area (TPSA) is 104 Å². The van der Waals surface area contributed by atoms with E-state index in [1.165, 1.54) is 6.07 Å². The van der Waals surface area contributed by atoms with Crippen molar-refractivity contribution in [2.45, 2.75) is 84.7 Å². The fourth-order valence-electron chi connectivity index (χ4n) is 5.98. The van der Waals surface area contributed by atoms with E-state index < -0.39 is 17.5 Å². The van der Waals surface area contributed by atoms with Gasteiger partial charge in [-0.1, -0.05) is 77.6 Å². The molecule has 0 aromatic heterocycles. The molecule has 1 aliphatic heterocycles. The van der Waals surface area contributed by atoms with E-state index in [2.05, 4.69) is 13.8 Å². The average Bonchev–Trinajstić information content (AvgIpc) is 3.20. The molecule has 3 N–H and O–H groups in total. The van der Waals surface area contributed by atoms with Gasteiger partial charge in [-0.05, 0) is 55.0 Å². The predicted molar refractivity (Wildman–Crippen MR) is 151 cm³/mol. The van der Waals surface area contributed by atoms with E-state index in [9.17, 15) is 24.9 Å². The van der Waals surface area contributed by atoms with Gasteiger partial charge in [0.15, 0.2) is 5.60 Å². The molecule has 0 atom stereocenters. The highest BCUT2D eigenvalue weighted by molar-refractivity contribution is 6.06. The van der Waals surface area contributed by atoms with Crippen molar-refractivity contribution >= 4 is 11.9 Å². The van der Waals surface area contributed by atoms with Crippen LogP contribution in [0.25, 0.3) is 0 Å². The van der Waals surface area contributed by atoms with Crippen LogP contribution in [0.3, 0.4) is 0 Å². The molecule has 0 bridgehead atoms. The van der Waals surface area contributed by atoms with Crippen molar-refractivity contribution < 1.29 is 29.6 Å². The Hall–Kier alpha value is -3.80. The minimum Gasteiger partial charge on any atom is -0.508 e. The number of carboxylic acid groups (broad SMARTS) is 1. The Morgan fingerprint density at radius 2 is 1.23 bits per heavy atom. The van der Waals surface area contributed by atoms with E-state index in [1.807, 2.05) is 26.0 Å². The van der Waals surface area contributed by atoms with Gasteiger partial charge in [-0.2, -0.15) is 0 Å². The molecule has 4 rings (SSSR count). The smallest absolute Gasteiger partial charge is 0.341 e. The highest BCUT2D eigenvalue weighted by Gasteiger charge is 2.52. The van der Waals surface area contributed by atoms with Gasteiger partial charge < -0.3 is 20.1 Å². The minimum atomic E-state index is -1.53. The van der Waals surface area contributed by atoms with Gasteiger partial charge in [-0.3, -0.25) is 0 Å². The molecule has 3 aromatic rings. The third-order valence-electron chi connectivity index (χ3n) is 7.53. The third kappa shape index (κ3) is 4.88. The molecular weight excluding hydrogens is 492 g/mol. The van der Waals surface area contributed by atoms with Gasteiger partial charge in [0.1, 0.15) is 11.5 Å². The number of aromatic carboxylic acids is 1. The van der Waals surface area contributed by atoms with Gasteiger partial charge in [0, 0.05) is 27.8 Å². The number of aromatic hydroxyl groups is 2. The van der Waals surface area contributed by atoms with Crippen LogP contribution >= 0.6 is 0 Å². The Balaban J connectivity index is 2.24. The highest BCUT2D eigenvalue weighted by Crippen LogP contribution is 2.53. The summed E-state index contributed by atoms with van der Waals surface area (Å²) < 4.78 is 6.41. The molecule has 0 fully saturated rings. The summed E-state index contributed by atoms with van der Waals surface area (Å²) in [4.78, 5) is 25.9. The fraction of sp³-hybridized carbons (Fsp3) is 0.394. The molecule has 0 saturated heterocycles. The molecule has 1 aliphatic rings. The Bertz CT molecular complexity index is 1340. The first-order valence-corrected chi connectivity index (χ1v) is 14.0. The number of hydrogen-bond donors (Lipinski definition) is 3. The average molecular weight is 531 g/mol. The Morgan fingerprint density at radius 1 is 0.744 bits per heavy atom. The van der Waals surface area contributed by atoms with Crippen LogP contribution in [0.2, 0.25) is 0 Å². The van der Waals surface area contributed by atoms with Crippen LogP contribution in [0.4, 0.5) is 0 Å². The number of esters is 1. The number of aryl methyl sites for hydroxylation is 2. The molecule has 0 radical (unpaired) electrons. The van der Waals surface area contributed by atoms with Gasteiger partial charge in [-0.25, -0.2) is 9.59 Å². The molecule has 39 heavy (non-hydrogen) atoms. The van der Waals surface area contributed by atoms with Crippen molar-refractivity contribution in [2.75, 3.05) is 0 Å². The molecule has 0 amide bonds. The van der Waals surface area contributed by atoms with Crippen molar-refractivity contribution in [1.29, 1.82) is 0 Å². The Labute approximate surface area is 230 Å². The summed E-state index contributed by atoms with van der Waals surface area (Å²) in [7, 11) is 0. The lowest BCUT2D eigenvalue weighted by molar-refractivity contribution is 0.0242. The maximum Gasteiger partial charge on any atom is 0.341 e. The zero-order valence-corrected chi connectivity index (χ0v) is 23.3. The number of phenols is 2. The first kappa shape index (κ1) is 28.2. The Morgan fingerprint density at radius 3 is 1.67 bits per heavy atom. The van der Waals surface area contributed by atoms with Crippen LogP contribution < -0.4 is 0 Å². The number of hydrogen-bond acceptors (Lipinski definition) is 5. The number of fused-ring (bicyclic) bond motifs is 1. The lowest BCUT2D eigenvalue weighted by atomic mass is 9.73. The van der Waals surface area contributed by atoms with Crippen molar-refractivity contribution in [3.63, 3.8) is 0 Å². The van der Waals surface area contributed by atoms with E-state index in [-0.39, 0.29) is 22.6 Å². The van der Waals surface area contributed by atoms with Crippen molar-refractivity contribution in [3.05, 3.63) is 92.5 Å². The van der Waals surface area contributed by atoms with Crippen molar-refractivity contribution in [3.8, 4) is 11.5 Å². The fourth-order valence-corrected chi connectivity index (χ4v) is 5.98. The molecule has 0 unspecified atom stereocenters. The number of cyclic esters (lactones) is 1. The molecule has 206 valence electrons. The maximum absolute atomic E-state index is 13.7. The quantitative estimate of drug-likeness (QED) is 0.229. The standard InChI is InChI=1S/C33H38O6/c1-5-10-20-16-26(22(12-7-3)28(34)18-20)33(25-15-9-14-24(31(36)37)30(25)32(38)39-33)27-17-21(11-6-2)19-29(35)23(27)13-8-4/h9,14-19,34-35H,5-8,10-13H2,1-4H3,(H,36,37). The maximum atomic E-state index is 13.7. The molecule has 1 heterocycles. The zero-order valence-electron chi connectivity index (χ0n) is 23.3. The molecule has 0 saturated carbocycles. The number of carbonyl (C=O) groups excluding carboxylic acids is 1. The lowest BCUT2D eigenvalue weighted by Gasteiger charge is -2.35. The first-order chi connectivity index (χ1) is 18.7. The van der Waals surface area contributed by atoms with E-state index in [0.29, 0.717) is 53.5 Å². The second kappa shape index (κ2) is 11.5. The second-order valence-electron chi connectivity index (χ2n) is 10.4. The number of ether oxygens (including phenoxy) is 1. The molecule has 6 heteroatoms. The van der Waals surface area contributed by atoms with E-state index in [4.69, 9.17) is 4.74 Å². The van der Waals surface area contributed by atoms with Crippen LogP contribution in [0.5, 0.6) is 11.5 Å². The predicted octanol–water partition coefficient (Wildman–Crippen LogP) is 7.07. The van der Waals surface area contributed by atoms with E-state index >= 15 is 0 Å². The summed E-state index contributed by atoms with van der Waals surface area (Å²) in [6.07, 6.45) is 5.67. The van der Waals surface area contributed by atoms with Crippen molar-refractivity contribution in [2.24, 2.45) is 0 Å². The number of rotatable bonds is 11. The molecule has 3 aromatic carbocycles.